The molecule has 0 amide bonds. The average Bonchev–Trinajstić information content (AvgIpc) is 1.86. The summed E-state index contributed by atoms with van der Waals surface area (Å²) >= 11 is 3.21. The molecule has 0 fully saturated rings. The molecule has 0 aromatic carbocycles. The minimum absolute atomic E-state index is 0.0885. The molecule has 0 spiro atoms. The lowest BCUT2D eigenvalue weighted by Gasteiger charge is -2.18. The topological polar surface area (TPSA) is 18.5 Å². The summed E-state index contributed by atoms with van der Waals surface area (Å²) < 4.78 is 10.8. The molecule has 0 aromatic rings. The van der Waals surface area contributed by atoms with Crippen LogP contribution in [0.3, 0.4) is 0 Å². The summed E-state index contributed by atoms with van der Waals surface area (Å²) in [7, 11) is -0.0885. The van der Waals surface area contributed by atoms with Crippen molar-refractivity contribution in [3.8, 4) is 0 Å². The third-order valence-electron chi connectivity index (χ3n) is 1.18. The van der Waals surface area contributed by atoms with E-state index >= 15 is 0 Å². The highest BCUT2D eigenvalue weighted by molar-refractivity contribution is 9.09. The second kappa shape index (κ2) is 6.03. The maximum Gasteiger partial charge on any atom is 0.460 e. The van der Waals surface area contributed by atoms with E-state index in [1.165, 1.54) is 0 Å². The minimum Gasteiger partial charge on any atom is -0.409 e. The Morgan fingerprint density at radius 2 is 1.82 bits per heavy atom. The first-order valence-electron chi connectivity index (χ1n) is 3.91. The number of hydrogen-bond acceptors (Lipinski definition) is 2. The summed E-state index contributed by atoms with van der Waals surface area (Å²) in [4.78, 5) is 0. The average molecular weight is 223 g/mol. The summed E-state index contributed by atoms with van der Waals surface area (Å²) in [6, 6.07) is 0. The van der Waals surface area contributed by atoms with Gasteiger partial charge in [0, 0.05) is 6.10 Å². The zero-order valence-electron chi connectivity index (χ0n) is 7.63. The second-order valence-corrected chi connectivity index (χ2v) is 3.53. The SMILES string of the molecule is CC(C)OB(OCBr)C(C)C. The van der Waals surface area contributed by atoms with Crippen LogP contribution in [0.4, 0.5) is 0 Å². The van der Waals surface area contributed by atoms with Crippen LogP contribution in [-0.2, 0) is 9.31 Å². The Morgan fingerprint density at radius 3 is 2.09 bits per heavy atom. The lowest BCUT2D eigenvalue weighted by Crippen LogP contribution is -2.28. The van der Waals surface area contributed by atoms with Crippen LogP contribution in [0.5, 0.6) is 0 Å². The smallest absolute Gasteiger partial charge is 0.409 e. The second-order valence-electron chi connectivity index (χ2n) is 3.07. The Morgan fingerprint density at radius 1 is 1.27 bits per heavy atom. The summed E-state index contributed by atoms with van der Waals surface area (Å²) in [5.41, 5.74) is 0.530. The summed E-state index contributed by atoms with van der Waals surface area (Å²) in [6.45, 7) is 8.17. The molecule has 4 heteroatoms. The number of rotatable bonds is 5. The normalized spacial score (nSPS) is 11.2. The fourth-order valence-electron chi connectivity index (χ4n) is 0.719. The van der Waals surface area contributed by atoms with Crippen LogP contribution in [0.25, 0.3) is 0 Å². The maximum absolute atomic E-state index is 5.50. The molecule has 0 atom stereocenters. The lowest BCUT2D eigenvalue weighted by molar-refractivity contribution is 0.170. The molecule has 11 heavy (non-hydrogen) atoms. The fourth-order valence-corrected chi connectivity index (χ4v) is 0.980. The maximum atomic E-state index is 5.50. The van der Waals surface area contributed by atoms with Crippen LogP contribution in [0.15, 0.2) is 0 Å². The van der Waals surface area contributed by atoms with Crippen LogP contribution in [0.2, 0.25) is 5.82 Å². The van der Waals surface area contributed by atoms with Gasteiger partial charge in [0.15, 0.2) is 0 Å². The Labute approximate surface area is 77.9 Å². The van der Waals surface area contributed by atoms with Crippen molar-refractivity contribution in [3.05, 3.63) is 0 Å². The van der Waals surface area contributed by atoms with Crippen molar-refractivity contribution in [2.75, 3.05) is 5.52 Å². The quantitative estimate of drug-likeness (QED) is 0.526. The van der Waals surface area contributed by atoms with Gasteiger partial charge in [0.1, 0.15) is 0 Å². The van der Waals surface area contributed by atoms with Gasteiger partial charge in [-0.3, -0.25) is 0 Å². The van der Waals surface area contributed by atoms with E-state index in [9.17, 15) is 0 Å². The highest BCUT2D eigenvalue weighted by atomic mass is 79.9. The lowest BCUT2D eigenvalue weighted by atomic mass is 9.74. The third-order valence-corrected chi connectivity index (χ3v) is 1.44. The van der Waals surface area contributed by atoms with Gasteiger partial charge >= 0.3 is 7.12 Å². The van der Waals surface area contributed by atoms with Gasteiger partial charge in [0.2, 0.25) is 0 Å². The molecule has 0 heterocycles. The van der Waals surface area contributed by atoms with E-state index in [1.807, 2.05) is 13.8 Å². The zero-order valence-corrected chi connectivity index (χ0v) is 9.22. The molecule has 66 valence electrons. The van der Waals surface area contributed by atoms with Crippen LogP contribution in [0, 0.1) is 0 Å². The zero-order chi connectivity index (χ0) is 8.85. The monoisotopic (exact) mass is 222 g/mol. The van der Waals surface area contributed by atoms with Crippen molar-refractivity contribution < 1.29 is 9.31 Å². The predicted molar refractivity (Wildman–Crippen MR) is 52.0 cm³/mol. The highest BCUT2D eigenvalue weighted by Crippen LogP contribution is 2.12. The van der Waals surface area contributed by atoms with E-state index in [0.717, 1.165) is 0 Å². The molecule has 0 rings (SSSR count). The van der Waals surface area contributed by atoms with Gasteiger partial charge in [-0.15, -0.1) is 0 Å². The van der Waals surface area contributed by atoms with Crippen LogP contribution >= 0.6 is 15.9 Å². The van der Waals surface area contributed by atoms with Gasteiger partial charge in [0.05, 0.1) is 5.52 Å². The van der Waals surface area contributed by atoms with Crippen molar-refractivity contribution in [1.29, 1.82) is 0 Å². The van der Waals surface area contributed by atoms with E-state index in [-0.39, 0.29) is 13.2 Å². The minimum atomic E-state index is -0.0885. The number of halogens is 1. The van der Waals surface area contributed by atoms with Crippen LogP contribution < -0.4 is 0 Å². The molecule has 0 unspecified atom stereocenters. The van der Waals surface area contributed by atoms with Crippen molar-refractivity contribution in [2.45, 2.75) is 39.6 Å². The molecule has 0 saturated carbocycles. The molecule has 0 saturated heterocycles. The molecule has 0 radical (unpaired) electrons. The van der Waals surface area contributed by atoms with Gasteiger partial charge in [-0.05, 0) is 19.7 Å². The van der Waals surface area contributed by atoms with Crippen molar-refractivity contribution in [2.24, 2.45) is 0 Å². The van der Waals surface area contributed by atoms with Gasteiger partial charge in [-0.1, -0.05) is 29.8 Å². The summed E-state index contributed by atoms with van der Waals surface area (Å²) in [6.07, 6.45) is 0.224. The molecule has 0 aliphatic rings. The van der Waals surface area contributed by atoms with E-state index in [0.29, 0.717) is 11.3 Å². The number of alkyl halides is 1. The van der Waals surface area contributed by atoms with Gasteiger partial charge in [-0.25, -0.2) is 0 Å². The highest BCUT2D eigenvalue weighted by Gasteiger charge is 2.23. The Balaban J connectivity index is 3.69. The van der Waals surface area contributed by atoms with E-state index in [2.05, 4.69) is 29.8 Å². The Hall–Kier alpha value is 0.465. The standard InChI is InChI=1S/C7H16BBrO2/c1-6(2)8(10-5-9)11-7(3)4/h6-7H,5H2,1-4H3. The first-order valence-corrected chi connectivity index (χ1v) is 5.03. The van der Waals surface area contributed by atoms with E-state index < -0.39 is 0 Å². The largest absolute Gasteiger partial charge is 0.460 e. The van der Waals surface area contributed by atoms with Crippen molar-refractivity contribution in [3.63, 3.8) is 0 Å². The summed E-state index contributed by atoms with van der Waals surface area (Å²) in [5.74, 6) is 0.398. The van der Waals surface area contributed by atoms with Crippen molar-refractivity contribution >= 4 is 23.0 Å². The molecular formula is C7H16BBrO2. The predicted octanol–water partition coefficient (Wildman–Crippen LogP) is 2.68. The summed E-state index contributed by atoms with van der Waals surface area (Å²) in [5, 5.41) is 0. The first-order chi connectivity index (χ1) is 5.07. The van der Waals surface area contributed by atoms with Crippen LogP contribution in [0.1, 0.15) is 27.7 Å². The van der Waals surface area contributed by atoms with Gasteiger partial charge in [-0.2, -0.15) is 0 Å². The first kappa shape index (κ1) is 11.5. The molecule has 0 aliphatic carbocycles. The molecular weight excluding hydrogens is 207 g/mol. The number of hydrogen-bond donors (Lipinski definition) is 0. The molecule has 0 aromatic heterocycles. The van der Waals surface area contributed by atoms with Crippen LogP contribution in [-0.4, -0.2) is 18.7 Å². The molecule has 2 nitrogen and oxygen atoms in total. The molecule has 0 N–H and O–H groups in total. The van der Waals surface area contributed by atoms with Crippen molar-refractivity contribution in [1.82, 2.24) is 0 Å². The Kier molecular flexibility index (Phi) is 6.29. The van der Waals surface area contributed by atoms with Gasteiger partial charge < -0.3 is 9.31 Å². The third kappa shape index (κ3) is 5.70. The van der Waals surface area contributed by atoms with E-state index in [1.54, 1.807) is 0 Å². The fraction of sp³-hybridized carbons (Fsp3) is 1.00. The Bertz CT molecular complexity index is 98.4. The van der Waals surface area contributed by atoms with Gasteiger partial charge in [0.25, 0.3) is 0 Å². The molecule has 0 bridgehead atoms. The molecule has 0 aliphatic heterocycles. The van der Waals surface area contributed by atoms with E-state index in [4.69, 9.17) is 9.31 Å².